The zero-order valence-electron chi connectivity index (χ0n) is 17.4. The lowest BCUT2D eigenvalue weighted by Crippen LogP contribution is -2.37. The van der Waals surface area contributed by atoms with Crippen LogP contribution in [0.2, 0.25) is 5.02 Å². The predicted octanol–water partition coefficient (Wildman–Crippen LogP) is 5.55. The zero-order valence-corrected chi connectivity index (χ0v) is 18.9. The van der Waals surface area contributed by atoms with Crippen LogP contribution in [0.1, 0.15) is 11.1 Å². The minimum atomic E-state index is 0.0519. The van der Waals surface area contributed by atoms with E-state index in [1.807, 2.05) is 62.3 Å². The lowest BCUT2D eigenvalue weighted by Gasteiger charge is -2.22. The fourth-order valence-corrected chi connectivity index (χ4v) is 5.05. The Morgan fingerprint density at radius 3 is 2.63 bits per heavy atom. The molecule has 0 N–H and O–H groups in total. The van der Waals surface area contributed by atoms with E-state index in [4.69, 9.17) is 16.6 Å². The summed E-state index contributed by atoms with van der Waals surface area (Å²) >= 11 is 7.75. The van der Waals surface area contributed by atoms with Gasteiger partial charge in [0.2, 0.25) is 5.91 Å². The predicted molar refractivity (Wildman–Crippen MR) is 128 cm³/mol. The third kappa shape index (κ3) is 4.33. The van der Waals surface area contributed by atoms with Crippen LogP contribution in [0, 0.1) is 6.92 Å². The van der Waals surface area contributed by atoms with Gasteiger partial charge in [-0.15, -0.1) is 0 Å². The number of halogens is 1. The Bertz CT molecular complexity index is 1210. The molecule has 4 nitrogen and oxygen atoms in total. The van der Waals surface area contributed by atoms with E-state index in [9.17, 15) is 4.79 Å². The number of thiazole rings is 1. The summed E-state index contributed by atoms with van der Waals surface area (Å²) in [7, 11) is 4.02. The van der Waals surface area contributed by atoms with Crippen molar-refractivity contribution in [1.82, 2.24) is 9.88 Å². The number of benzene rings is 3. The fraction of sp³-hybridized carbons (Fsp3) is 0.250. The molecule has 0 saturated carbocycles. The van der Waals surface area contributed by atoms with E-state index in [-0.39, 0.29) is 5.91 Å². The van der Waals surface area contributed by atoms with Gasteiger partial charge in [0.15, 0.2) is 5.13 Å². The molecule has 1 aromatic heterocycles. The van der Waals surface area contributed by atoms with Gasteiger partial charge in [-0.2, -0.15) is 0 Å². The van der Waals surface area contributed by atoms with Gasteiger partial charge in [0.25, 0.3) is 0 Å². The Morgan fingerprint density at radius 1 is 1.07 bits per heavy atom. The number of fused-ring (bicyclic) bond motifs is 2. The minimum absolute atomic E-state index is 0.0519. The summed E-state index contributed by atoms with van der Waals surface area (Å²) < 4.78 is 1.00. The minimum Gasteiger partial charge on any atom is -0.308 e. The van der Waals surface area contributed by atoms with Crippen LogP contribution in [0.15, 0.2) is 54.6 Å². The molecule has 3 aromatic carbocycles. The highest BCUT2D eigenvalue weighted by atomic mass is 35.5. The number of likely N-dealkylation sites (N-methyl/N-ethyl adjacent to an activating group) is 1. The highest BCUT2D eigenvalue weighted by molar-refractivity contribution is 7.22. The van der Waals surface area contributed by atoms with Gasteiger partial charge in [-0.1, -0.05) is 65.4 Å². The molecule has 0 spiro atoms. The van der Waals surface area contributed by atoms with Crippen molar-refractivity contribution in [3.63, 3.8) is 0 Å². The highest BCUT2D eigenvalue weighted by Gasteiger charge is 2.21. The Labute approximate surface area is 185 Å². The number of rotatable bonds is 6. The van der Waals surface area contributed by atoms with Gasteiger partial charge in [0, 0.05) is 18.1 Å². The average molecular weight is 438 g/mol. The van der Waals surface area contributed by atoms with Crippen molar-refractivity contribution < 1.29 is 4.79 Å². The quantitative estimate of drug-likeness (QED) is 0.397. The van der Waals surface area contributed by atoms with Crippen LogP contribution in [-0.2, 0) is 11.2 Å². The lowest BCUT2D eigenvalue weighted by molar-refractivity contribution is -0.118. The van der Waals surface area contributed by atoms with E-state index in [0.29, 0.717) is 18.0 Å². The first-order valence-corrected chi connectivity index (χ1v) is 11.1. The number of hydrogen-bond acceptors (Lipinski definition) is 4. The van der Waals surface area contributed by atoms with E-state index in [1.165, 1.54) is 11.3 Å². The molecule has 1 amide bonds. The number of nitrogens with zero attached hydrogens (tertiary/aromatic N) is 3. The molecule has 4 rings (SSSR count). The Kier molecular flexibility index (Phi) is 6.04. The van der Waals surface area contributed by atoms with Gasteiger partial charge in [-0.05, 0) is 55.1 Å². The molecule has 0 atom stereocenters. The summed E-state index contributed by atoms with van der Waals surface area (Å²) in [5.74, 6) is 0.0519. The van der Waals surface area contributed by atoms with Crippen LogP contribution in [0.4, 0.5) is 5.13 Å². The smallest absolute Gasteiger partial charge is 0.233 e. The van der Waals surface area contributed by atoms with Crippen LogP contribution in [0.25, 0.3) is 21.0 Å². The van der Waals surface area contributed by atoms with Gasteiger partial charge in [0.05, 0.1) is 16.6 Å². The third-order valence-corrected chi connectivity index (χ3v) is 6.41. The zero-order chi connectivity index (χ0) is 21.3. The molecule has 6 heteroatoms. The summed E-state index contributed by atoms with van der Waals surface area (Å²) in [5, 5.41) is 3.68. The van der Waals surface area contributed by atoms with Gasteiger partial charge in [0.1, 0.15) is 0 Å². The van der Waals surface area contributed by atoms with E-state index < -0.39 is 0 Å². The second kappa shape index (κ2) is 8.72. The first kappa shape index (κ1) is 20.8. The number of aryl methyl sites for hydroxylation is 1. The van der Waals surface area contributed by atoms with Crippen molar-refractivity contribution in [2.75, 3.05) is 32.1 Å². The standard InChI is InChI=1S/C24H24ClN3OS/c1-16-13-19(25)15-21-23(16)26-24(30-21)28(12-11-27(2)3)22(29)14-18-9-6-8-17-7-4-5-10-20(17)18/h4-10,13,15H,11-12,14H2,1-3H3. The van der Waals surface area contributed by atoms with Gasteiger partial charge >= 0.3 is 0 Å². The number of carbonyl (C=O) groups excluding carboxylic acids is 1. The second-order valence-electron chi connectivity index (χ2n) is 7.73. The monoisotopic (exact) mass is 437 g/mol. The van der Waals surface area contributed by atoms with E-state index in [2.05, 4.69) is 23.1 Å². The number of hydrogen-bond donors (Lipinski definition) is 0. The van der Waals surface area contributed by atoms with Crippen molar-refractivity contribution in [3.8, 4) is 0 Å². The number of aromatic nitrogens is 1. The maximum absolute atomic E-state index is 13.4. The van der Waals surface area contributed by atoms with Crippen LogP contribution < -0.4 is 4.90 Å². The largest absolute Gasteiger partial charge is 0.308 e. The molecule has 0 saturated heterocycles. The summed E-state index contributed by atoms with van der Waals surface area (Å²) in [6.45, 7) is 3.35. The molecular formula is C24H24ClN3OS. The van der Waals surface area contributed by atoms with E-state index in [0.717, 1.165) is 43.8 Å². The Hall–Kier alpha value is -2.47. The molecule has 0 radical (unpaired) electrons. The van der Waals surface area contributed by atoms with Crippen molar-refractivity contribution >= 4 is 55.0 Å². The lowest BCUT2D eigenvalue weighted by atomic mass is 10.0. The first-order chi connectivity index (χ1) is 14.4. The number of amides is 1. The van der Waals surface area contributed by atoms with Crippen molar-refractivity contribution in [2.24, 2.45) is 0 Å². The summed E-state index contributed by atoms with van der Waals surface area (Å²) in [6, 6.07) is 18.1. The normalized spacial score (nSPS) is 11.5. The Morgan fingerprint density at radius 2 is 1.83 bits per heavy atom. The van der Waals surface area contributed by atoms with E-state index >= 15 is 0 Å². The first-order valence-electron chi connectivity index (χ1n) is 9.91. The van der Waals surface area contributed by atoms with Crippen molar-refractivity contribution in [3.05, 3.63) is 70.7 Å². The van der Waals surface area contributed by atoms with Crippen molar-refractivity contribution in [1.29, 1.82) is 0 Å². The average Bonchev–Trinajstić information content (AvgIpc) is 3.12. The molecule has 0 fully saturated rings. The fourth-order valence-electron chi connectivity index (χ4n) is 3.59. The molecule has 30 heavy (non-hydrogen) atoms. The SMILES string of the molecule is Cc1cc(Cl)cc2sc(N(CCN(C)C)C(=O)Cc3cccc4ccccc34)nc12. The summed E-state index contributed by atoms with van der Waals surface area (Å²) in [5.41, 5.74) is 2.97. The molecule has 0 unspecified atom stereocenters. The number of anilines is 1. The molecule has 154 valence electrons. The molecule has 0 aliphatic heterocycles. The van der Waals surface area contributed by atoms with Gasteiger partial charge < -0.3 is 4.90 Å². The van der Waals surface area contributed by atoms with Crippen LogP contribution in [0.5, 0.6) is 0 Å². The van der Waals surface area contributed by atoms with Crippen LogP contribution >= 0.6 is 22.9 Å². The summed E-state index contributed by atoms with van der Waals surface area (Å²) in [4.78, 5) is 22.1. The van der Waals surface area contributed by atoms with Gasteiger partial charge in [-0.3, -0.25) is 9.69 Å². The number of carbonyl (C=O) groups is 1. The van der Waals surface area contributed by atoms with Gasteiger partial charge in [-0.25, -0.2) is 4.98 Å². The molecule has 0 aliphatic rings. The molecule has 1 heterocycles. The summed E-state index contributed by atoms with van der Waals surface area (Å²) in [6.07, 6.45) is 0.338. The maximum Gasteiger partial charge on any atom is 0.233 e. The van der Waals surface area contributed by atoms with E-state index in [1.54, 1.807) is 0 Å². The molecular weight excluding hydrogens is 414 g/mol. The molecule has 0 aliphatic carbocycles. The highest BCUT2D eigenvalue weighted by Crippen LogP contribution is 2.33. The Balaban J connectivity index is 1.69. The van der Waals surface area contributed by atoms with Crippen LogP contribution in [0.3, 0.4) is 0 Å². The molecule has 0 bridgehead atoms. The van der Waals surface area contributed by atoms with Crippen LogP contribution in [-0.4, -0.2) is 43.0 Å². The van der Waals surface area contributed by atoms with Crippen molar-refractivity contribution in [2.45, 2.75) is 13.3 Å². The topological polar surface area (TPSA) is 36.4 Å². The third-order valence-electron chi connectivity index (χ3n) is 5.16. The maximum atomic E-state index is 13.4. The molecule has 4 aromatic rings. The second-order valence-corrected chi connectivity index (χ2v) is 9.18.